The molecular formula is C20H18N4O2S. The number of benzene rings is 1. The third-order valence-corrected chi connectivity index (χ3v) is 5.20. The summed E-state index contributed by atoms with van der Waals surface area (Å²) in [5.41, 5.74) is 2.95. The molecule has 3 heterocycles. The predicted molar refractivity (Wildman–Crippen MR) is 105 cm³/mol. The molecule has 1 saturated carbocycles. The highest BCUT2D eigenvalue weighted by atomic mass is 32.1. The van der Waals surface area contributed by atoms with Gasteiger partial charge in [0.15, 0.2) is 11.5 Å². The standard InChI is InChI=1S/C20H18N4O2S/c1-2-14(11-21-7-1)12-22-24-17(13-27-20(24)23-16-4-5-16)15-3-6-18-19(10-15)26-9-8-25-18/h1-3,6-7,10-13,16H,4-5,8-9H2/b22-12+,23-20?. The third kappa shape index (κ3) is 3.50. The van der Waals surface area contributed by atoms with Crippen LogP contribution in [0.3, 0.4) is 0 Å². The molecule has 1 fully saturated rings. The molecule has 0 N–H and O–H groups in total. The van der Waals surface area contributed by atoms with Crippen LogP contribution in [0.1, 0.15) is 18.4 Å². The van der Waals surface area contributed by atoms with E-state index in [1.165, 1.54) is 0 Å². The number of pyridine rings is 1. The summed E-state index contributed by atoms with van der Waals surface area (Å²) in [6.45, 7) is 1.16. The Kier molecular flexibility index (Phi) is 4.21. The topological polar surface area (TPSA) is 61.0 Å². The Hall–Kier alpha value is -2.93. The molecule has 5 rings (SSSR count). The Morgan fingerprint density at radius 2 is 2.04 bits per heavy atom. The second-order valence-electron chi connectivity index (χ2n) is 6.46. The lowest BCUT2D eigenvalue weighted by atomic mass is 10.1. The Morgan fingerprint density at radius 1 is 1.15 bits per heavy atom. The average Bonchev–Trinajstić information content (AvgIpc) is 3.45. The van der Waals surface area contributed by atoms with E-state index in [-0.39, 0.29) is 0 Å². The van der Waals surface area contributed by atoms with Crippen molar-refractivity contribution in [2.45, 2.75) is 18.9 Å². The van der Waals surface area contributed by atoms with Gasteiger partial charge in [-0.1, -0.05) is 6.07 Å². The second-order valence-corrected chi connectivity index (χ2v) is 7.30. The Bertz CT molecular complexity index is 1050. The van der Waals surface area contributed by atoms with Gasteiger partial charge in [0.25, 0.3) is 0 Å². The van der Waals surface area contributed by atoms with Crippen LogP contribution in [0.25, 0.3) is 11.3 Å². The van der Waals surface area contributed by atoms with Gasteiger partial charge in [0.1, 0.15) is 13.2 Å². The van der Waals surface area contributed by atoms with E-state index < -0.39 is 0 Å². The number of ether oxygens (including phenoxy) is 2. The minimum Gasteiger partial charge on any atom is -0.486 e. The quantitative estimate of drug-likeness (QED) is 0.654. The first kappa shape index (κ1) is 16.3. The molecule has 1 aromatic carbocycles. The molecule has 0 unspecified atom stereocenters. The predicted octanol–water partition coefficient (Wildman–Crippen LogP) is 3.33. The highest BCUT2D eigenvalue weighted by Gasteiger charge is 2.21. The van der Waals surface area contributed by atoms with Crippen LogP contribution in [0, 0.1) is 0 Å². The van der Waals surface area contributed by atoms with E-state index in [9.17, 15) is 0 Å². The molecule has 1 aliphatic heterocycles. The molecule has 0 spiro atoms. The van der Waals surface area contributed by atoms with Gasteiger partial charge in [0.05, 0.1) is 18.0 Å². The SMILES string of the molecule is C(=N\n1c(-c2ccc3c(c2)OCCO3)csc1=NC1CC1)/c1cccnc1. The molecule has 7 heteroatoms. The van der Waals surface area contributed by atoms with Crippen molar-refractivity contribution in [1.82, 2.24) is 9.66 Å². The third-order valence-electron chi connectivity index (χ3n) is 4.37. The van der Waals surface area contributed by atoms with Crippen molar-refractivity contribution in [1.29, 1.82) is 0 Å². The number of fused-ring (bicyclic) bond motifs is 1. The number of nitrogens with zero attached hydrogens (tertiary/aromatic N) is 4. The van der Waals surface area contributed by atoms with Crippen LogP contribution in [-0.4, -0.2) is 35.1 Å². The molecule has 1 aliphatic carbocycles. The van der Waals surface area contributed by atoms with Gasteiger partial charge in [0, 0.05) is 28.9 Å². The average molecular weight is 378 g/mol. The first-order valence-electron chi connectivity index (χ1n) is 8.95. The minimum atomic E-state index is 0.427. The van der Waals surface area contributed by atoms with Crippen LogP contribution in [0.15, 0.2) is 58.2 Å². The normalized spacial score (nSPS) is 16.8. The van der Waals surface area contributed by atoms with Crippen LogP contribution in [-0.2, 0) is 0 Å². The first-order valence-corrected chi connectivity index (χ1v) is 9.83. The molecule has 6 nitrogen and oxygen atoms in total. The molecule has 2 aliphatic rings. The number of thiazole rings is 1. The highest BCUT2D eigenvalue weighted by molar-refractivity contribution is 7.07. The minimum absolute atomic E-state index is 0.427. The summed E-state index contributed by atoms with van der Waals surface area (Å²) in [7, 11) is 0. The second kappa shape index (κ2) is 7.00. The van der Waals surface area contributed by atoms with Crippen LogP contribution < -0.4 is 14.3 Å². The fourth-order valence-electron chi connectivity index (χ4n) is 2.84. The number of aromatic nitrogens is 2. The number of hydrogen-bond donors (Lipinski definition) is 0. The maximum atomic E-state index is 5.74. The van der Waals surface area contributed by atoms with Crippen molar-refractivity contribution in [2.75, 3.05) is 13.2 Å². The zero-order valence-electron chi connectivity index (χ0n) is 14.6. The van der Waals surface area contributed by atoms with Crippen molar-refractivity contribution in [3.8, 4) is 22.8 Å². The summed E-state index contributed by atoms with van der Waals surface area (Å²) in [5.74, 6) is 1.56. The molecule has 0 atom stereocenters. The zero-order valence-corrected chi connectivity index (χ0v) is 15.4. The Morgan fingerprint density at radius 3 is 2.85 bits per heavy atom. The smallest absolute Gasteiger partial charge is 0.206 e. The van der Waals surface area contributed by atoms with Gasteiger partial charge in [-0.15, -0.1) is 11.3 Å². The van der Waals surface area contributed by atoms with Crippen molar-refractivity contribution >= 4 is 17.6 Å². The lowest BCUT2D eigenvalue weighted by Crippen LogP contribution is -2.15. The van der Waals surface area contributed by atoms with Gasteiger partial charge < -0.3 is 9.47 Å². The molecule has 0 radical (unpaired) electrons. The van der Waals surface area contributed by atoms with Crippen LogP contribution >= 0.6 is 11.3 Å². The number of rotatable bonds is 4. The fourth-order valence-corrected chi connectivity index (χ4v) is 3.75. The zero-order chi connectivity index (χ0) is 18.1. The summed E-state index contributed by atoms with van der Waals surface area (Å²) in [6, 6.07) is 10.3. The molecule has 27 heavy (non-hydrogen) atoms. The molecular weight excluding hydrogens is 360 g/mol. The van der Waals surface area contributed by atoms with E-state index in [2.05, 4.69) is 10.4 Å². The van der Waals surface area contributed by atoms with Gasteiger partial charge in [-0.05, 0) is 37.1 Å². The molecule has 0 bridgehead atoms. The molecule has 0 saturated heterocycles. The largest absolute Gasteiger partial charge is 0.486 e. The van der Waals surface area contributed by atoms with Crippen molar-refractivity contribution < 1.29 is 9.47 Å². The summed E-state index contributed by atoms with van der Waals surface area (Å²) < 4.78 is 13.3. The van der Waals surface area contributed by atoms with E-state index in [0.717, 1.165) is 46.0 Å². The summed E-state index contributed by atoms with van der Waals surface area (Å²) >= 11 is 1.61. The van der Waals surface area contributed by atoms with Crippen LogP contribution in [0.4, 0.5) is 0 Å². The monoisotopic (exact) mass is 378 g/mol. The van der Waals surface area contributed by atoms with Gasteiger partial charge >= 0.3 is 0 Å². The van der Waals surface area contributed by atoms with Crippen LogP contribution in [0.2, 0.25) is 0 Å². The van der Waals surface area contributed by atoms with E-state index in [4.69, 9.17) is 19.6 Å². The van der Waals surface area contributed by atoms with E-state index >= 15 is 0 Å². The maximum absolute atomic E-state index is 5.74. The summed E-state index contributed by atoms with van der Waals surface area (Å²) in [5, 5.41) is 6.79. The van der Waals surface area contributed by atoms with Crippen molar-refractivity contribution in [2.24, 2.45) is 10.1 Å². The molecule has 136 valence electrons. The molecule has 3 aromatic rings. The highest BCUT2D eigenvalue weighted by Crippen LogP contribution is 2.34. The van der Waals surface area contributed by atoms with Gasteiger partial charge in [-0.25, -0.2) is 4.68 Å². The van der Waals surface area contributed by atoms with E-state index in [1.54, 1.807) is 23.7 Å². The summed E-state index contributed by atoms with van der Waals surface area (Å²) in [6.07, 6.45) is 7.67. The van der Waals surface area contributed by atoms with Gasteiger partial charge in [0.2, 0.25) is 4.80 Å². The van der Waals surface area contributed by atoms with Gasteiger partial charge in [-0.2, -0.15) is 5.10 Å². The first-order chi connectivity index (χ1) is 13.4. The Labute approximate surface area is 160 Å². The molecule has 0 amide bonds. The lowest BCUT2D eigenvalue weighted by Gasteiger charge is -2.18. The fraction of sp³-hybridized carbons (Fsp3) is 0.250. The van der Waals surface area contributed by atoms with E-state index in [0.29, 0.717) is 19.3 Å². The Balaban J connectivity index is 1.58. The van der Waals surface area contributed by atoms with E-state index in [1.807, 2.05) is 41.2 Å². The molecule has 2 aromatic heterocycles. The van der Waals surface area contributed by atoms with Gasteiger partial charge in [-0.3, -0.25) is 9.98 Å². The number of hydrogen-bond acceptors (Lipinski definition) is 6. The van der Waals surface area contributed by atoms with Crippen molar-refractivity contribution in [3.05, 3.63) is 58.5 Å². The summed E-state index contributed by atoms with van der Waals surface area (Å²) in [4.78, 5) is 9.86. The lowest BCUT2D eigenvalue weighted by molar-refractivity contribution is 0.171. The maximum Gasteiger partial charge on any atom is 0.206 e. The van der Waals surface area contributed by atoms with Crippen molar-refractivity contribution in [3.63, 3.8) is 0 Å². The van der Waals surface area contributed by atoms with Crippen LogP contribution in [0.5, 0.6) is 11.5 Å².